The number of aromatic nitrogens is 1. The molecule has 1 heterocycles. The molecule has 5 nitrogen and oxygen atoms in total. The maximum atomic E-state index is 12.1. The summed E-state index contributed by atoms with van der Waals surface area (Å²) in [5.41, 5.74) is 1.17. The predicted molar refractivity (Wildman–Crippen MR) is 81.8 cm³/mol. The monoisotopic (exact) mass is 291 g/mol. The van der Waals surface area contributed by atoms with E-state index in [0.717, 1.165) is 32.2 Å². The summed E-state index contributed by atoms with van der Waals surface area (Å²) in [4.78, 5) is 18.1. The molecule has 1 saturated carbocycles. The molecule has 1 aromatic heterocycles. The van der Waals surface area contributed by atoms with Gasteiger partial charge in [-0.05, 0) is 50.4 Å². The number of carbonyl (C=O) groups is 1. The van der Waals surface area contributed by atoms with Crippen LogP contribution in [0.5, 0.6) is 0 Å². The van der Waals surface area contributed by atoms with E-state index < -0.39 is 0 Å². The van der Waals surface area contributed by atoms with Crippen LogP contribution >= 0.6 is 0 Å². The normalized spacial score (nSPS) is 22.2. The van der Waals surface area contributed by atoms with Crippen LogP contribution in [-0.4, -0.2) is 48.6 Å². The molecule has 0 radical (unpaired) electrons. The van der Waals surface area contributed by atoms with Gasteiger partial charge in [-0.15, -0.1) is 0 Å². The molecule has 0 atom stereocenters. The predicted octanol–water partition coefficient (Wildman–Crippen LogP) is 1.59. The Morgan fingerprint density at radius 1 is 1.33 bits per heavy atom. The van der Waals surface area contributed by atoms with Gasteiger partial charge >= 0.3 is 0 Å². The van der Waals surface area contributed by atoms with E-state index in [4.69, 9.17) is 4.74 Å². The molecule has 0 aliphatic heterocycles. The molecular weight excluding hydrogens is 266 g/mol. The third-order valence-corrected chi connectivity index (χ3v) is 3.99. The molecular formula is C16H25N3O2. The lowest BCUT2D eigenvalue weighted by Gasteiger charge is -2.28. The number of hydrogen-bond donors (Lipinski definition) is 1. The fourth-order valence-corrected chi connectivity index (χ4v) is 2.82. The molecule has 1 aliphatic carbocycles. The van der Waals surface area contributed by atoms with Gasteiger partial charge < -0.3 is 10.1 Å². The van der Waals surface area contributed by atoms with Gasteiger partial charge in [0.05, 0.1) is 12.6 Å². The number of amides is 1. The van der Waals surface area contributed by atoms with Crippen molar-refractivity contribution in [2.75, 3.05) is 20.7 Å². The smallest absolute Gasteiger partial charge is 0.234 e. The third-order valence-electron chi connectivity index (χ3n) is 3.99. The molecule has 0 spiro atoms. The van der Waals surface area contributed by atoms with Crippen LogP contribution in [0, 0.1) is 0 Å². The molecule has 0 saturated heterocycles. The number of nitrogens with one attached hydrogen (secondary N) is 1. The topological polar surface area (TPSA) is 54.5 Å². The second-order valence-corrected chi connectivity index (χ2v) is 5.80. The molecule has 1 N–H and O–H groups in total. The Labute approximate surface area is 126 Å². The lowest BCUT2D eigenvalue weighted by molar-refractivity contribution is -0.123. The first kappa shape index (κ1) is 15.9. The van der Waals surface area contributed by atoms with Gasteiger partial charge in [-0.25, -0.2) is 0 Å². The zero-order valence-electron chi connectivity index (χ0n) is 12.9. The summed E-state index contributed by atoms with van der Waals surface area (Å²) in [5, 5.41) is 3.13. The van der Waals surface area contributed by atoms with E-state index in [0.29, 0.717) is 18.7 Å². The van der Waals surface area contributed by atoms with Crippen molar-refractivity contribution in [3.8, 4) is 0 Å². The van der Waals surface area contributed by atoms with Crippen molar-refractivity contribution >= 4 is 5.91 Å². The van der Waals surface area contributed by atoms with Crippen LogP contribution in [0.3, 0.4) is 0 Å². The van der Waals surface area contributed by atoms with E-state index in [1.54, 1.807) is 19.5 Å². The van der Waals surface area contributed by atoms with Crippen molar-refractivity contribution < 1.29 is 9.53 Å². The number of hydrogen-bond acceptors (Lipinski definition) is 4. The second kappa shape index (κ2) is 8.10. The third kappa shape index (κ3) is 5.44. The van der Waals surface area contributed by atoms with E-state index in [1.807, 2.05) is 24.1 Å². The largest absolute Gasteiger partial charge is 0.381 e. The van der Waals surface area contributed by atoms with Crippen molar-refractivity contribution in [3.63, 3.8) is 0 Å². The number of ether oxygens (including phenoxy) is 1. The first-order valence-electron chi connectivity index (χ1n) is 7.57. The lowest BCUT2D eigenvalue weighted by atomic mass is 9.93. The molecule has 5 heteroatoms. The van der Waals surface area contributed by atoms with Crippen molar-refractivity contribution in [2.45, 2.75) is 44.4 Å². The first-order valence-corrected chi connectivity index (χ1v) is 7.57. The minimum absolute atomic E-state index is 0.104. The van der Waals surface area contributed by atoms with Crippen molar-refractivity contribution in [1.82, 2.24) is 15.2 Å². The van der Waals surface area contributed by atoms with Gasteiger partial charge in [-0.1, -0.05) is 0 Å². The summed E-state index contributed by atoms with van der Waals surface area (Å²) in [5.74, 6) is 0.104. The molecule has 21 heavy (non-hydrogen) atoms. The van der Waals surface area contributed by atoms with E-state index in [-0.39, 0.29) is 5.91 Å². The summed E-state index contributed by atoms with van der Waals surface area (Å²) < 4.78 is 5.35. The Bertz CT molecular complexity index is 430. The van der Waals surface area contributed by atoms with Crippen LogP contribution < -0.4 is 5.32 Å². The van der Waals surface area contributed by atoms with E-state index >= 15 is 0 Å². The molecule has 2 rings (SSSR count). The Morgan fingerprint density at radius 3 is 2.62 bits per heavy atom. The van der Waals surface area contributed by atoms with Crippen LogP contribution in [0.2, 0.25) is 0 Å². The second-order valence-electron chi connectivity index (χ2n) is 5.80. The van der Waals surface area contributed by atoms with E-state index in [2.05, 4.69) is 10.3 Å². The first-order chi connectivity index (χ1) is 10.2. The van der Waals surface area contributed by atoms with Crippen LogP contribution in [-0.2, 0) is 16.1 Å². The molecule has 0 unspecified atom stereocenters. The average molecular weight is 291 g/mol. The number of likely N-dealkylation sites (N-methyl/N-ethyl adjacent to an activating group) is 1. The number of nitrogens with zero attached hydrogens (tertiary/aromatic N) is 2. The Hall–Kier alpha value is -1.46. The van der Waals surface area contributed by atoms with Crippen molar-refractivity contribution in [2.24, 2.45) is 0 Å². The average Bonchev–Trinajstić information content (AvgIpc) is 2.48. The standard InChI is InChI=1S/C16H25N3O2/c1-19(11-13-7-9-17-10-8-13)12-16(20)18-14-3-5-15(21-2)6-4-14/h7-10,14-15H,3-6,11-12H2,1-2H3,(H,18,20). The Balaban J connectivity index is 1.69. The summed E-state index contributed by atoms with van der Waals surface area (Å²) in [7, 11) is 3.72. The summed E-state index contributed by atoms with van der Waals surface area (Å²) >= 11 is 0. The highest BCUT2D eigenvalue weighted by Gasteiger charge is 2.22. The van der Waals surface area contributed by atoms with Gasteiger partial charge in [0.25, 0.3) is 0 Å². The fraction of sp³-hybridized carbons (Fsp3) is 0.625. The van der Waals surface area contributed by atoms with Crippen LogP contribution in [0.4, 0.5) is 0 Å². The van der Waals surface area contributed by atoms with Gasteiger partial charge in [0.2, 0.25) is 5.91 Å². The lowest BCUT2D eigenvalue weighted by Crippen LogP contribution is -2.43. The maximum absolute atomic E-state index is 12.1. The minimum atomic E-state index is 0.104. The molecule has 1 aromatic rings. The highest BCUT2D eigenvalue weighted by molar-refractivity contribution is 5.78. The fourth-order valence-electron chi connectivity index (χ4n) is 2.82. The Morgan fingerprint density at radius 2 is 2.00 bits per heavy atom. The SMILES string of the molecule is COC1CCC(NC(=O)CN(C)Cc2ccncc2)CC1. The molecule has 1 aliphatic rings. The van der Waals surface area contributed by atoms with E-state index in [1.165, 1.54) is 5.56 Å². The van der Waals surface area contributed by atoms with Crippen molar-refractivity contribution in [3.05, 3.63) is 30.1 Å². The number of pyridine rings is 1. The molecule has 1 fully saturated rings. The van der Waals surface area contributed by atoms with Gasteiger partial charge in [-0.3, -0.25) is 14.7 Å². The quantitative estimate of drug-likeness (QED) is 0.865. The van der Waals surface area contributed by atoms with Crippen molar-refractivity contribution in [1.29, 1.82) is 0 Å². The molecule has 116 valence electrons. The van der Waals surface area contributed by atoms with Gasteiger partial charge in [-0.2, -0.15) is 0 Å². The molecule has 0 bridgehead atoms. The highest BCUT2D eigenvalue weighted by Crippen LogP contribution is 2.20. The summed E-state index contributed by atoms with van der Waals surface area (Å²) in [6, 6.07) is 4.25. The number of rotatable bonds is 6. The number of carbonyl (C=O) groups excluding carboxylic acids is 1. The summed E-state index contributed by atoms with van der Waals surface area (Å²) in [6.07, 6.45) is 8.02. The van der Waals surface area contributed by atoms with Crippen LogP contribution in [0.1, 0.15) is 31.2 Å². The zero-order valence-corrected chi connectivity index (χ0v) is 12.9. The molecule has 1 amide bonds. The Kier molecular flexibility index (Phi) is 6.14. The van der Waals surface area contributed by atoms with E-state index in [9.17, 15) is 4.79 Å². The zero-order chi connectivity index (χ0) is 15.1. The minimum Gasteiger partial charge on any atom is -0.381 e. The van der Waals surface area contributed by atoms with Gasteiger partial charge in [0.1, 0.15) is 0 Å². The van der Waals surface area contributed by atoms with Gasteiger partial charge in [0, 0.05) is 32.1 Å². The van der Waals surface area contributed by atoms with Crippen LogP contribution in [0.15, 0.2) is 24.5 Å². The van der Waals surface area contributed by atoms with Crippen LogP contribution in [0.25, 0.3) is 0 Å². The maximum Gasteiger partial charge on any atom is 0.234 e. The summed E-state index contributed by atoms with van der Waals surface area (Å²) in [6.45, 7) is 1.18. The highest BCUT2D eigenvalue weighted by atomic mass is 16.5. The number of methoxy groups -OCH3 is 1. The molecule has 0 aromatic carbocycles. The van der Waals surface area contributed by atoms with Gasteiger partial charge in [0.15, 0.2) is 0 Å².